The normalized spacial score (nSPS) is 9.57. The number of thiol groups is 1. The fourth-order valence-corrected chi connectivity index (χ4v) is 1.28. The Kier molecular flexibility index (Phi) is 3.14. The first kappa shape index (κ1) is 10.6. The number of esters is 1. The van der Waals surface area contributed by atoms with Gasteiger partial charge in [0.05, 0.1) is 5.56 Å². The van der Waals surface area contributed by atoms with Gasteiger partial charge in [-0.2, -0.15) is 0 Å². The van der Waals surface area contributed by atoms with E-state index in [0.29, 0.717) is 10.5 Å². The molecule has 0 aliphatic rings. The van der Waals surface area contributed by atoms with E-state index < -0.39 is 5.97 Å². The van der Waals surface area contributed by atoms with Crippen molar-refractivity contribution in [3.05, 3.63) is 23.3 Å². The zero-order valence-electron chi connectivity index (χ0n) is 7.48. The van der Waals surface area contributed by atoms with Gasteiger partial charge in [-0.25, -0.2) is 4.79 Å². The molecule has 5 heteroatoms. The van der Waals surface area contributed by atoms with E-state index in [1.807, 2.05) is 0 Å². The van der Waals surface area contributed by atoms with Gasteiger partial charge in [0.2, 0.25) is 0 Å². The van der Waals surface area contributed by atoms with Crippen LogP contribution in [0.4, 0.5) is 5.69 Å². The van der Waals surface area contributed by atoms with Crippen molar-refractivity contribution in [3.8, 4) is 0 Å². The molecule has 14 heavy (non-hydrogen) atoms. The van der Waals surface area contributed by atoms with Gasteiger partial charge in [-0.1, -0.05) is 0 Å². The summed E-state index contributed by atoms with van der Waals surface area (Å²) in [6, 6.07) is 3.21. The van der Waals surface area contributed by atoms with E-state index in [-0.39, 0.29) is 17.7 Å². The summed E-state index contributed by atoms with van der Waals surface area (Å²) in [4.78, 5) is 21.9. The molecule has 0 spiro atoms. The molecule has 1 rings (SSSR count). The standard InChI is InChI=1S/C9H9NO3S/c1-5-7(14)3-2-6(10)8(5)9(12)13-4-11/h2-4,14H,10H2,1H3. The number of carbonyl (C=O) groups excluding carboxylic acids is 2. The Balaban J connectivity index is 3.25. The molecule has 0 fully saturated rings. The smallest absolute Gasteiger partial charge is 0.348 e. The zero-order valence-corrected chi connectivity index (χ0v) is 8.38. The molecule has 0 amide bonds. The third-order valence-corrected chi connectivity index (χ3v) is 2.31. The Morgan fingerprint density at radius 1 is 1.57 bits per heavy atom. The van der Waals surface area contributed by atoms with Crippen molar-refractivity contribution >= 4 is 30.8 Å². The minimum Gasteiger partial charge on any atom is -0.398 e. The summed E-state index contributed by atoms with van der Waals surface area (Å²) in [7, 11) is 0. The average Bonchev–Trinajstić information content (AvgIpc) is 2.13. The van der Waals surface area contributed by atoms with Crippen molar-refractivity contribution in [2.75, 3.05) is 5.73 Å². The Bertz CT molecular complexity index is 390. The summed E-state index contributed by atoms with van der Waals surface area (Å²) in [5.41, 5.74) is 6.62. The highest BCUT2D eigenvalue weighted by molar-refractivity contribution is 7.80. The maximum Gasteiger partial charge on any atom is 0.348 e. The lowest BCUT2D eigenvalue weighted by atomic mass is 10.1. The van der Waals surface area contributed by atoms with Gasteiger partial charge < -0.3 is 10.5 Å². The third kappa shape index (κ3) is 1.88. The van der Waals surface area contributed by atoms with Crippen molar-refractivity contribution in [1.82, 2.24) is 0 Å². The van der Waals surface area contributed by atoms with E-state index in [1.165, 1.54) is 6.07 Å². The highest BCUT2D eigenvalue weighted by Gasteiger charge is 2.15. The number of carbonyl (C=O) groups is 2. The lowest BCUT2D eigenvalue weighted by molar-refractivity contribution is -0.123. The highest BCUT2D eigenvalue weighted by Crippen LogP contribution is 2.23. The molecule has 4 nitrogen and oxygen atoms in total. The molecule has 0 unspecified atom stereocenters. The molecule has 2 N–H and O–H groups in total. The Hall–Kier alpha value is -1.49. The van der Waals surface area contributed by atoms with Crippen LogP contribution in [-0.4, -0.2) is 12.4 Å². The molecule has 0 aliphatic heterocycles. The maximum atomic E-state index is 11.3. The van der Waals surface area contributed by atoms with Crippen LogP contribution in [0.1, 0.15) is 15.9 Å². The Morgan fingerprint density at radius 3 is 2.79 bits per heavy atom. The fourth-order valence-electron chi connectivity index (χ4n) is 1.10. The van der Waals surface area contributed by atoms with Crippen LogP contribution in [0.3, 0.4) is 0 Å². The number of nitrogens with two attached hydrogens (primary N) is 1. The van der Waals surface area contributed by atoms with Crippen LogP contribution in [0, 0.1) is 6.92 Å². The molecule has 74 valence electrons. The molecule has 0 saturated heterocycles. The average molecular weight is 211 g/mol. The summed E-state index contributed by atoms with van der Waals surface area (Å²) < 4.78 is 4.21. The second kappa shape index (κ2) is 4.15. The summed E-state index contributed by atoms with van der Waals surface area (Å²) >= 11 is 4.13. The van der Waals surface area contributed by atoms with Crippen LogP contribution < -0.4 is 5.73 Å². The molecule has 1 aromatic rings. The van der Waals surface area contributed by atoms with E-state index >= 15 is 0 Å². The minimum atomic E-state index is -0.758. The number of hydrogen-bond acceptors (Lipinski definition) is 5. The van der Waals surface area contributed by atoms with Crippen molar-refractivity contribution in [1.29, 1.82) is 0 Å². The molecule has 0 radical (unpaired) electrons. The van der Waals surface area contributed by atoms with Gasteiger partial charge >= 0.3 is 12.4 Å². The first-order valence-electron chi connectivity index (χ1n) is 3.80. The van der Waals surface area contributed by atoms with Crippen molar-refractivity contribution < 1.29 is 14.3 Å². The quantitative estimate of drug-likeness (QED) is 0.253. The molecule has 0 heterocycles. The Labute approximate surface area is 86.5 Å². The molecule has 0 aliphatic carbocycles. The van der Waals surface area contributed by atoms with Gasteiger partial charge in [0.25, 0.3) is 0 Å². The van der Waals surface area contributed by atoms with Gasteiger partial charge in [0, 0.05) is 10.6 Å². The monoisotopic (exact) mass is 211 g/mol. The molecule has 0 bridgehead atoms. The largest absolute Gasteiger partial charge is 0.398 e. The number of anilines is 1. The van der Waals surface area contributed by atoms with Crippen molar-refractivity contribution in [2.45, 2.75) is 11.8 Å². The van der Waals surface area contributed by atoms with E-state index in [1.54, 1.807) is 13.0 Å². The van der Waals surface area contributed by atoms with E-state index in [0.717, 1.165) is 0 Å². The van der Waals surface area contributed by atoms with Gasteiger partial charge in [-0.15, -0.1) is 12.6 Å². The molecular weight excluding hydrogens is 202 g/mol. The molecule has 0 aromatic heterocycles. The van der Waals surface area contributed by atoms with Gasteiger partial charge in [0.1, 0.15) is 0 Å². The van der Waals surface area contributed by atoms with Crippen molar-refractivity contribution in [3.63, 3.8) is 0 Å². The predicted molar refractivity (Wildman–Crippen MR) is 54.3 cm³/mol. The van der Waals surface area contributed by atoms with E-state index in [9.17, 15) is 9.59 Å². The van der Waals surface area contributed by atoms with E-state index in [2.05, 4.69) is 17.4 Å². The van der Waals surface area contributed by atoms with Crippen molar-refractivity contribution in [2.24, 2.45) is 0 Å². The van der Waals surface area contributed by atoms with Crippen LogP contribution in [0.2, 0.25) is 0 Å². The van der Waals surface area contributed by atoms with Gasteiger partial charge in [0.15, 0.2) is 0 Å². The van der Waals surface area contributed by atoms with Gasteiger partial charge in [-0.05, 0) is 24.6 Å². The SMILES string of the molecule is Cc1c(S)ccc(N)c1C(=O)OC=O. The lowest BCUT2D eigenvalue weighted by Crippen LogP contribution is -2.09. The zero-order chi connectivity index (χ0) is 10.7. The number of nitrogen functional groups attached to an aromatic ring is 1. The number of rotatable bonds is 2. The minimum absolute atomic E-state index is 0.0758. The highest BCUT2D eigenvalue weighted by atomic mass is 32.1. The van der Waals surface area contributed by atoms with Crippen LogP contribution in [0.15, 0.2) is 17.0 Å². The van der Waals surface area contributed by atoms with E-state index in [4.69, 9.17) is 5.73 Å². The molecular formula is C9H9NO3S. The fraction of sp³-hybridized carbons (Fsp3) is 0.111. The molecule has 1 aromatic carbocycles. The second-order valence-electron chi connectivity index (χ2n) is 2.68. The number of benzene rings is 1. The number of ether oxygens (including phenoxy) is 1. The van der Waals surface area contributed by atoms with Crippen LogP contribution in [-0.2, 0) is 9.53 Å². The van der Waals surface area contributed by atoms with Crippen LogP contribution in [0.5, 0.6) is 0 Å². The maximum absolute atomic E-state index is 11.3. The summed E-state index contributed by atoms with van der Waals surface area (Å²) in [5.74, 6) is -0.758. The third-order valence-electron chi connectivity index (χ3n) is 1.83. The summed E-state index contributed by atoms with van der Waals surface area (Å²) in [6.45, 7) is 1.76. The number of hydrogen-bond donors (Lipinski definition) is 2. The first-order valence-corrected chi connectivity index (χ1v) is 4.25. The Morgan fingerprint density at radius 2 is 2.21 bits per heavy atom. The summed E-state index contributed by atoms with van der Waals surface area (Å²) in [6.07, 6.45) is 0. The van der Waals surface area contributed by atoms with Crippen LogP contribution >= 0.6 is 12.6 Å². The van der Waals surface area contributed by atoms with Crippen LogP contribution in [0.25, 0.3) is 0 Å². The predicted octanol–water partition coefficient (Wildman–Crippen LogP) is 1.18. The van der Waals surface area contributed by atoms with Gasteiger partial charge in [-0.3, -0.25) is 4.79 Å². The topological polar surface area (TPSA) is 69.4 Å². The first-order chi connectivity index (χ1) is 6.57. The second-order valence-corrected chi connectivity index (χ2v) is 3.16. The molecule has 0 saturated carbocycles. The summed E-state index contributed by atoms with van der Waals surface area (Å²) in [5, 5.41) is 0. The molecule has 0 atom stereocenters. The lowest BCUT2D eigenvalue weighted by Gasteiger charge is -2.08.